The molecule has 1 fully saturated rings. The molecule has 1 heterocycles. The van der Waals surface area contributed by atoms with Gasteiger partial charge in [0.2, 0.25) is 0 Å². The molecule has 1 aromatic carbocycles. The van der Waals surface area contributed by atoms with E-state index in [0.717, 1.165) is 18.6 Å². The maximum Gasteiger partial charge on any atom is 0.269 e. The highest BCUT2D eigenvalue weighted by atomic mass is 16.5. The molecule has 0 bridgehead atoms. The molecule has 120 valence electrons. The lowest BCUT2D eigenvalue weighted by Crippen LogP contribution is -2.39. The van der Waals surface area contributed by atoms with Crippen LogP contribution in [0.2, 0.25) is 0 Å². The lowest BCUT2D eigenvalue weighted by molar-refractivity contribution is 0.0938. The van der Waals surface area contributed by atoms with Crippen molar-refractivity contribution < 1.29 is 9.53 Å². The Hall–Kier alpha value is -2.36. The van der Waals surface area contributed by atoms with Crippen LogP contribution in [0.5, 0.6) is 5.75 Å². The van der Waals surface area contributed by atoms with Gasteiger partial charge in [0.25, 0.3) is 5.91 Å². The fourth-order valence-corrected chi connectivity index (χ4v) is 3.40. The van der Waals surface area contributed by atoms with Crippen LogP contribution in [0.1, 0.15) is 41.7 Å². The molecule has 0 unspecified atom stereocenters. The second-order valence-electron chi connectivity index (χ2n) is 6.11. The molecule has 0 radical (unpaired) electrons. The molecule has 2 aromatic rings. The highest BCUT2D eigenvalue weighted by Crippen LogP contribution is 2.41. The van der Waals surface area contributed by atoms with Gasteiger partial charge in [-0.15, -0.1) is 0 Å². The van der Waals surface area contributed by atoms with Crippen LogP contribution in [0.4, 0.5) is 0 Å². The van der Waals surface area contributed by atoms with E-state index < -0.39 is 0 Å². The summed E-state index contributed by atoms with van der Waals surface area (Å²) in [5, 5.41) is 3.08. The molecular weight excluding hydrogens is 288 g/mol. The summed E-state index contributed by atoms with van der Waals surface area (Å²) in [4.78, 5) is 16.4. The standard InChI is InChI=1S/C19H22N2O2/c1-23-16-9-7-15(8-10-16)19(11-3-4-12-19)14-21-18(22)17-6-2-5-13-20-17/h2,5-10,13H,3-4,11-12,14H2,1H3,(H,21,22). The summed E-state index contributed by atoms with van der Waals surface area (Å²) in [5.41, 5.74) is 1.77. The highest BCUT2D eigenvalue weighted by Gasteiger charge is 2.36. The van der Waals surface area contributed by atoms with Gasteiger partial charge in [0.1, 0.15) is 11.4 Å². The Bertz CT molecular complexity index is 647. The zero-order valence-electron chi connectivity index (χ0n) is 13.4. The molecule has 1 amide bonds. The molecule has 1 aliphatic rings. The summed E-state index contributed by atoms with van der Waals surface area (Å²) in [6, 6.07) is 13.6. The zero-order valence-corrected chi connectivity index (χ0v) is 13.4. The second-order valence-corrected chi connectivity index (χ2v) is 6.11. The van der Waals surface area contributed by atoms with E-state index in [4.69, 9.17) is 4.74 Å². The summed E-state index contributed by atoms with van der Waals surface area (Å²) in [7, 11) is 1.67. The van der Waals surface area contributed by atoms with Crippen molar-refractivity contribution in [2.75, 3.05) is 13.7 Å². The number of ether oxygens (including phenoxy) is 1. The maximum atomic E-state index is 12.3. The van der Waals surface area contributed by atoms with Crippen molar-refractivity contribution in [1.29, 1.82) is 0 Å². The normalized spacial score (nSPS) is 16.0. The number of carbonyl (C=O) groups excluding carboxylic acids is 1. The largest absolute Gasteiger partial charge is 0.497 e. The number of hydrogen-bond donors (Lipinski definition) is 1. The van der Waals surface area contributed by atoms with E-state index in [-0.39, 0.29) is 11.3 Å². The number of rotatable bonds is 5. The minimum atomic E-state index is -0.106. The van der Waals surface area contributed by atoms with Crippen molar-refractivity contribution >= 4 is 5.91 Å². The van der Waals surface area contributed by atoms with Gasteiger partial charge in [-0.2, -0.15) is 0 Å². The number of pyridine rings is 1. The van der Waals surface area contributed by atoms with Crippen molar-refractivity contribution in [3.05, 3.63) is 59.9 Å². The minimum absolute atomic E-state index is 0.0245. The van der Waals surface area contributed by atoms with Crippen molar-refractivity contribution in [1.82, 2.24) is 10.3 Å². The molecule has 1 aromatic heterocycles. The second kappa shape index (κ2) is 6.82. The van der Waals surface area contributed by atoms with Crippen LogP contribution in [0.3, 0.4) is 0 Å². The van der Waals surface area contributed by atoms with Crippen LogP contribution >= 0.6 is 0 Å². The molecule has 23 heavy (non-hydrogen) atoms. The van der Waals surface area contributed by atoms with Crippen molar-refractivity contribution in [2.24, 2.45) is 0 Å². The average molecular weight is 310 g/mol. The van der Waals surface area contributed by atoms with Gasteiger partial charge in [0.05, 0.1) is 7.11 Å². The van der Waals surface area contributed by atoms with Crippen molar-refractivity contribution in [3.63, 3.8) is 0 Å². The van der Waals surface area contributed by atoms with Crippen LogP contribution in [0, 0.1) is 0 Å². The molecule has 1 saturated carbocycles. The number of nitrogens with zero attached hydrogens (tertiary/aromatic N) is 1. The van der Waals surface area contributed by atoms with Gasteiger partial charge in [-0.1, -0.05) is 31.0 Å². The number of hydrogen-bond acceptors (Lipinski definition) is 3. The van der Waals surface area contributed by atoms with E-state index in [0.29, 0.717) is 12.2 Å². The smallest absolute Gasteiger partial charge is 0.269 e. The molecule has 0 spiro atoms. The first kappa shape index (κ1) is 15.5. The quantitative estimate of drug-likeness (QED) is 0.921. The Morgan fingerprint density at radius 2 is 1.91 bits per heavy atom. The van der Waals surface area contributed by atoms with Crippen LogP contribution < -0.4 is 10.1 Å². The molecule has 1 N–H and O–H groups in total. The predicted molar refractivity (Wildman–Crippen MR) is 89.7 cm³/mol. The summed E-state index contributed by atoms with van der Waals surface area (Å²) >= 11 is 0. The van der Waals surface area contributed by atoms with Crippen LogP contribution in [-0.4, -0.2) is 24.5 Å². The van der Waals surface area contributed by atoms with Gasteiger partial charge in [-0.3, -0.25) is 9.78 Å². The molecule has 0 aliphatic heterocycles. The molecule has 1 aliphatic carbocycles. The van der Waals surface area contributed by atoms with Crippen molar-refractivity contribution in [2.45, 2.75) is 31.1 Å². The number of aromatic nitrogens is 1. The molecule has 4 heteroatoms. The summed E-state index contributed by atoms with van der Waals surface area (Å²) in [5.74, 6) is 0.754. The number of nitrogens with one attached hydrogen (secondary N) is 1. The molecule has 0 atom stereocenters. The van der Waals surface area contributed by atoms with E-state index in [1.807, 2.05) is 24.3 Å². The first-order valence-electron chi connectivity index (χ1n) is 8.07. The Morgan fingerprint density at radius 3 is 2.52 bits per heavy atom. The Morgan fingerprint density at radius 1 is 1.17 bits per heavy atom. The lowest BCUT2D eigenvalue weighted by Gasteiger charge is -2.30. The van der Waals surface area contributed by atoms with E-state index >= 15 is 0 Å². The monoisotopic (exact) mass is 310 g/mol. The number of carbonyl (C=O) groups is 1. The fraction of sp³-hybridized carbons (Fsp3) is 0.368. The predicted octanol–water partition coefficient (Wildman–Crippen LogP) is 3.33. The Balaban J connectivity index is 1.74. The number of benzene rings is 1. The summed E-state index contributed by atoms with van der Waals surface area (Å²) in [6.07, 6.45) is 6.24. The Labute approximate surface area is 136 Å². The van der Waals surface area contributed by atoms with Crippen LogP contribution in [0.15, 0.2) is 48.7 Å². The third-order valence-electron chi connectivity index (χ3n) is 4.75. The van der Waals surface area contributed by atoms with Gasteiger partial charge in [0, 0.05) is 18.2 Å². The molecule has 4 nitrogen and oxygen atoms in total. The SMILES string of the molecule is COc1ccc(C2(CNC(=O)c3ccccn3)CCCC2)cc1. The van der Waals surface area contributed by atoms with Crippen LogP contribution in [-0.2, 0) is 5.41 Å². The fourth-order valence-electron chi connectivity index (χ4n) is 3.40. The van der Waals surface area contributed by atoms with Gasteiger partial charge < -0.3 is 10.1 Å². The minimum Gasteiger partial charge on any atom is -0.497 e. The summed E-state index contributed by atoms with van der Waals surface area (Å²) in [6.45, 7) is 0.648. The van der Waals surface area contributed by atoms with E-state index in [2.05, 4.69) is 22.4 Å². The lowest BCUT2D eigenvalue weighted by atomic mass is 9.78. The van der Waals surface area contributed by atoms with Gasteiger partial charge in [0.15, 0.2) is 0 Å². The van der Waals surface area contributed by atoms with E-state index in [1.165, 1.54) is 18.4 Å². The zero-order chi connectivity index (χ0) is 16.1. The Kier molecular flexibility index (Phi) is 4.60. The molecular formula is C19H22N2O2. The maximum absolute atomic E-state index is 12.3. The average Bonchev–Trinajstić information content (AvgIpc) is 3.11. The van der Waals surface area contributed by atoms with Gasteiger partial charge in [-0.25, -0.2) is 0 Å². The topological polar surface area (TPSA) is 51.2 Å². The van der Waals surface area contributed by atoms with Gasteiger partial charge >= 0.3 is 0 Å². The van der Waals surface area contributed by atoms with E-state index in [1.54, 1.807) is 19.4 Å². The third-order valence-corrected chi connectivity index (χ3v) is 4.75. The highest BCUT2D eigenvalue weighted by molar-refractivity contribution is 5.92. The van der Waals surface area contributed by atoms with Crippen LogP contribution in [0.25, 0.3) is 0 Å². The first-order chi connectivity index (χ1) is 11.2. The summed E-state index contributed by atoms with van der Waals surface area (Å²) < 4.78 is 5.24. The number of methoxy groups -OCH3 is 1. The van der Waals surface area contributed by atoms with Crippen molar-refractivity contribution in [3.8, 4) is 5.75 Å². The van der Waals surface area contributed by atoms with E-state index in [9.17, 15) is 4.79 Å². The number of amides is 1. The molecule has 0 saturated heterocycles. The first-order valence-corrected chi connectivity index (χ1v) is 8.07. The molecule has 3 rings (SSSR count). The third kappa shape index (κ3) is 3.36. The van der Waals surface area contributed by atoms with Gasteiger partial charge in [-0.05, 0) is 42.7 Å².